The van der Waals surface area contributed by atoms with Crippen LogP contribution in [-0.2, 0) is 28.0 Å². The number of ether oxygens (including phenoxy) is 1. The van der Waals surface area contributed by atoms with Crippen molar-refractivity contribution in [2.75, 3.05) is 13.2 Å². The molecule has 2 amide bonds. The van der Waals surface area contributed by atoms with Crippen LogP contribution in [0.15, 0.2) is 78.9 Å². The van der Waals surface area contributed by atoms with Gasteiger partial charge in [0.05, 0.1) is 0 Å². The number of nitrogens with zero attached hydrogens (tertiary/aromatic N) is 1. The Hall–Kier alpha value is -3.60. The summed E-state index contributed by atoms with van der Waals surface area (Å²) in [6.07, 6.45) is 1.25. The number of carbonyl (C=O) groups excluding carboxylic acids is 2. The highest BCUT2D eigenvalue weighted by molar-refractivity contribution is 5.88. The molecule has 5 heteroatoms. The maximum Gasteiger partial charge on any atom is 0.261 e. The van der Waals surface area contributed by atoms with E-state index in [1.165, 1.54) is 5.56 Å². The lowest BCUT2D eigenvalue weighted by Crippen LogP contribution is -2.51. The van der Waals surface area contributed by atoms with E-state index in [1.54, 1.807) is 4.90 Å². The summed E-state index contributed by atoms with van der Waals surface area (Å²) in [5.41, 5.74) is 4.32. The van der Waals surface area contributed by atoms with Crippen molar-refractivity contribution in [3.8, 4) is 5.75 Å². The summed E-state index contributed by atoms with van der Waals surface area (Å²) in [5, 5.41) is 3.01. The average molecular weight is 501 g/mol. The normalized spacial score (nSPS) is 12.0. The average Bonchev–Trinajstić information content (AvgIpc) is 2.89. The molecular formula is C32H40N2O3. The molecule has 1 atom stereocenters. The molecule has 0 aliphatic carbocycles. The van der Waals surface area contributed by atoms with E-state index in [0.29, 0.717) is 25.3 Å². The first kappa shape index (κ1) is 28.0. The van der Waals surface area contributed by atoms with Gasteiger partial charge >= 0.3 is 0 Å². The number of hydrogen-bond donors (Lipinski definition) is 1. The van der Waals surface area contributed by atoms with E-state index in [1.807, 2.05) is 92.7 Å². The van der Waals surface area contributed by atoms with Gasteiger partial charge in [-0.3, -0.25) is 9.59 Å². The van der Waals surface area contributed by atoms with Crippen LogP contribution in [-0.4, -0.2) is 35.9 Å². The summed E-state index contributed by atoms with van der Waals surface area (Å²) in [5.74, 6) is 0.255. The van der Waals surface area contributed by atoms with Crippen molar-refractivity contribution in [1.29, 1.82) is 0 Å². The third kappa shape index (κ3) is 8.21. The third-order valence-electron chi connectivity index (χ3n) is 6.50. The van der Waals surface area contributed by atoms with E-state index in [-0.39, 0.29) is 23.8 Å². The van der Waals surface area contributed by atoms with Gasteiger partial charge < -0.3 is 15.0 Å². The van der Waals surface area contributed by atoms with Gasteiger partial charge in [0.2, 0.25) is 5.91 Å². The van der Waals surface area contributed by atoms with Crippen LogP contribution in [0.1, 0.15) is 56.4 Å². The van der Waals surface area contributed by atoms with Crippen LogP contribution in [0, 0.1) is 6.92 Å². The Bertz CT molecular complexity index is 1150. The molecule has 1 N–H and O–H groups in total. The molecule has 0 radical (unpaired) electrons. The van der Waals surface area contributed by atoms with Crippen LogP contribution >= 0.6 is 0 Å². The molecule has 5 nitrogen and oxygen atoms in total. The van der Waals surface area contributed by atoms with Crippen molar-refractivity contribution in [3.05, 3.63) is 101 Å². The molecule has 37 heavy (non-hydrogen) atoms. The lowest BCUT2D eigenvalue weighted by atomic mass is 9.87. The van der Waals surface area contributed by atoms with Gasteiger partial charge in [-0.15, -0.1) is 0 Å². The number of aryl methyl sites for hydroxylation is 1. The molecule has 0 heterocycles. The number of amides is 2. The monoisotopic (exact) mass is 500 g/mol. The summed E-state index contributed by atoms with van der Waals surface area (Å²) >= 11 is 0. The van der Waals surface area contributed by atoms with Gasteiger partial charge in [-0.1, -0.05) is 94.4 Å². The molecule has 0 bridgehead atoms. The van der Waals surface area contributed by atoms with Crippen LogP contribution in [0.3, 0.4) is 0 Å². The number of rotatable bonds is 11. The molecule has 0 spiro atoms. The SMILES string of the molecule is CCCNC(=O)[C@@H](Cc1ccccc1)N(Cc1ccccc1C)C(=O)COc1ccc(C(C)(C)C)cc1. The molecule has 0 aliphatic heterocycles. The maximum absolute atomic E-state index is 13.7. The van der Waals surface area contributed by atoms with E-state index < -0.39 is 6.04 Å². The van der Waals surface area contributed by atoms with Gasteiger partial charge in [-0.05, 0) is 53.1 Å². The fraction of sp³-hybridized carbons (Fsp3) is 0.375. The van der Waals surface area contributed by atoms with Crippen molar-refractivity contribution in [3.63, 3.8) is 0 Å². The van der Waals surface area contributed by atoms with Gasteiger partial charge in [0.25, 0.3) is 5.91 Å². The standard InChI is InChI=1S/C32H40N2O3/c1-6-20-33-31(36)29(21-25-13-8-7-9-14-25)34(22-26-15-11-10-12-24(26)2)30(35)23-37-28-18-16-27(17-19-28)32(3,4)5/h7-19,29H,6,20-23H2,1-5H3,(H,33,36)/t29-/m1/s1. The maximum atomic E-state index is 13.7. The minimum atomic E-state index is -0.659. The van der Waals surface area contributed by atoms with E-state index in [0.717, 1.165) is 23.1 Å². The molecule has 0 unspecified atom stereocenters. The molecule has 0 saturated carbocycles. The predicted octanol–water partition coefficient (Wildman–Crippen LogP) is 5.84. The molecular weight excluding hydrogens is 460 g/mol. The van der Waals surface area contributed by atoms with Gasteiger partial charge in [0, 0.05) is 19.5 Å². The first-order chi connectivity index (χ1) is 17.7. The summed E-state index contributed by atoms with van der Waals surface area (Å²) in [4.78, 5) is 28.7. The second-order valence-electron chi connectivity index (χ2n) is 10.5. The second kappa shape index (κ2) is 13.1. The highest BCUT2D eigenvalue weighted by Crippen LogP contribution is 2.24. The zero-order valence-electron chi connectivity index (χ0n) is 22.8. The predicted molar refractivity (Wildman–Crippen MR) is 150 cm³/mol. The molecule has 3 rings (SSSR count). The third-order valence-corrected chi connectivity index (χ3v) is 6.50. The van der Waals surface area contributed by atoms with E-state index >= 15 is 0 Å². The minimum Gasteiger partial charge on any atom is -0.484 e. The van der Waals surface area contributed by atoms with Crippen LogP contribution in [0.25, 0.3) is 0 Å². The fourth-order valence-electron chi connectivity index (χ4n) is 4.17. The quantitative estimate of drug-likeness (QED) is 0.360. The smallest absolute Gasteiger partial charge is 0.261 e. The Balaban J connectivity index is 1.87. The summed E-state index contributed by atoms with van der Waals surface area (Å²) < 4.78 is 5.92. The first-order valence-corrected chi connectivity index (χ1v) is 13.1. The second-order valence-corrected chi connectivity index (χ2v) is 10.5. The number of carbonyl (C=O) groups is 2. The Morgan fingerprint density at radius 2 is 1.57 bits per heavy atom. The van der Waals surface area contributed by atoms with Crippen molar-refractivity contribution in [2.24, 2.45) is 0 Å². The molecule has 3 aromatic rings. The topological polar surface area (TPSA) is 58.6 Å². The Morgan fingerprint density at radius 3 is 2.19 bits per heavy atom. The minimum absolute atomic E-state index is 0.0369. The molecule has 0 fully saturated rings. The molecule has 0 aliphatic rings. The van der Waals surface area contributed by atoms with Crippen molar-refractivity contribution >= 4 is 11.8 Å². The van der Waals surface area contributed by atoms with E-state index in [2.05, 4.69) is 26.1 Å². The number of hydrogen-bond acceptors (Lipinski definition) is 3. The van der Waals surface area contributed by atoms with Gasteiger partial charge in [0.1, 0.15) is 11.8 Å². The summed E-state index contributed by atoms with van der Waals surface area (Å²) in [7, 11) is 0. The number of benzene rings is 3. The molecule has 196 valence electrons. The zero-order chi connectivity index (χ0) is 26.8. The van der Waals surface area contributed by atoms with Crippen LogP contribution in [0.2, 0.25) is 0 Å². The summed E-state index contributed by atoms with van der Waals surface area (Å²) in [6, 6.07) is 25.0. The van der Waals surface area contributed by atoms with Crippen molar-refractivity contribution in [2.45, 2.75) is 65.5 Å². The largest absolute Gasteiger partial charge is 0.484 e. The molecule has 0 aromatic heterocycles. The first-order valence-electron chi connectivity index (χ1n) is 13.1. The molecule has 0 saturated heterocycles. The Labute approximate surface area is 221 Å². The van der Waals surface area contributed by atoms with Crippen molar-refractivity contribution < 1.29 is 14.3 Å². The van der Waals surface area contributed by atoms with Crippen LogP contribution < -0.4 is 10.1 Å². The highest BCUT2D eigenvalue weighted by atomic mass is 16.5. The summed E-state index contributed by atoms with van der Waals surface area (Å²) in [6.45, 7) is 11.3. The number of nitrogens with one attached hydrogen (secondary N) is 1. The van der Waals surface area contributed by atoms with Crippen LogP contribution in [0.5, 0.6) is 5.75 Å². The van der Waals surface area contributed by atoms with E-state index in [4.69, 9.17) is 4.74 Å². The zero-order valence-corrected chi connectivity index (χ0v) is 22.8. The van der Waals surface area contributed by atoms with Crippen molar-refractivity contribution in [1.82, 2.24) is 10.2 Å². The van der Waals surface area contributed by atoms with E-state index in [9.17, 15) is 9.59 Å². The highest BCUT2D eigenvalue weighted by Gasteiger charge is 2.30. The van der Waals surface area contributed by atoms with Gasteiger partial charge in [0.15, 0.2) is 6.61 Å². The lowest BCUT2D eigenvalue weighted by Gasteiger charge is -2.32. The van der Waals surface area contributed by atoms with Gasteiger partial charge in [-0.25, -0.2) is 0 Å². The van der Waals surface area contributed by atoms with Gasteiger partial charge in [-0.2, -0.15) is 0 Å². The Morgan fingerprint density at radius 1 is 0.919 bits per heavy atom. The lowest BCUT2D eigenvalue weighted by molar-refractivity contribution is -0.142. The van der Waals surface area contributed by atoms with Crippen LogP contribution in [0.4, 0.5) is 0 Å². The Kier molecular flexibility index (Phi) is 9.90. The molecule has 3 aromatic carbocycles. The fourth-order valence-corrected chi connectivity index (χ4v) is 4.17.